The van der Waals surface area contributed by atoms with E-state index in [1.165, 1.54) is 0 Å². The summed E-state index contributed by atoms with van der Waals surface area (Å²) < 4.78 is 11.4. The summed E-state index contributed by atoms with van der Waals surface area (Å²) in [7, 11) is 1.83. The van der Waals surface area contributed by atoms with Crippen LogP contribution in [-0.2, 0) is 20.9 Å². The number of hydrogen-bond donors (Lipinski definition) is 0. The lowest BCUT2D eigenvalue weighted by Crippen LogP contribution is -2.54. The first-order chi connectivity index (χ1) is 15.7. The molecule has 1 amide bonds. The lowest BCUT2D eigenvalue weighted by atomic mass is 9.86. The Kier molecular flexibility index (Phi) is 8.17. The number of amides is 1. The summed E-state index contributed by atoms with van der Waals surface area (Å²) in [6.07, 6.45) is 2.72. The van der Waals surface area contributed by atoms with Gasteiger partial charge in [-0.25, -0.2) is 0 Å². The predicted molar refractivity (Wildman–Crippen MR) is 130 cm³/mol. The molecule has 2 aromatic carbocycles. The zero-order chi connectivity index (χ0) is 24.0. The first kappa shape index (κ1) is 24.8. The van der Waals surface area contributed by atoms with Gasteiger partial charge in [0.15, 0.2) is 0 Å². The summed E-state index contributed by atoms with van der Waals surface area (Å²) in [6.45, 7) is 8.82. The van der Waals surface area contributed by atoms with Gasteiger partial charge < -0.3 is 14.4 Å². The quantitative estimate of drug-likeness (QED) is 0.395. The standard InChI is InChI=1S/C28H37NO4/c1-20(2)27(28(3,4)33-19-30)29(5)26(31)17-25(22-14-15-22)23-12-9-13-24(16-23)32-18-21-10-7-6-8-11-21/h6-13,16,19-20,22,25,27H,14-15,17-18H2,1-5H3. The molecular formula is C28H37NO4. The van der Waals surface area contributed by atoms with E-state index in [-0.39, 0.29) is 23.8 Å². The molecule has 178 valence electrons. The fraction of sp³-hybridized carbons (Fsp3) is 0.500. The van der Waals surface area contributed by atoms with E-state index in [0.29, 0.717) is 25.4 Å². The smallest absolute Gasteiger partial charge is 0.293 e. The van der Waals surface area contributed by atoms with Gasteiger partial charge in [0.05, 0.1) is 6.04 Å². The Morgan fingerprint density at radius 3 is 2.42 bits per heavy atom. The zero-order valence-corrected chi connectivity index (χ0v) is 20.5. The van der Waals surface area contributed by atoms with Crippen LogP contribution in [0, 0.1) is 11.8 Å². The van der Waals surface area contributed by atoms with Crippen LogP contribution in [0.5, 0.6) is 5.75 Å². The maximum Gasteiger partial charge on any atom is 0.293 e. The summed E-state index contributed by atoms with van der Waals surface area (Å²) in [4.78, 5) is 26.2. The molecule has 0 radical (unpaired) electrons. The minimum atomic E-state index is -0.763. The van der Waals surface area contributed by atoms with Crippen LogP contribution in [0.2, 0.25) is 0 Å². The summed E-state index contributed by atoms with van der Waals surface area (Å²) in [6, 6.07) is 18.1. The van der Waals surface area contributed by atoms with E-state index in [1.807, 2.05) is 63.4 Å². The second kappa shape index (κ2) is 10.9. The molecule has 0 spiro atoms. The Balaban J connectivity index is 1.72. The molecule has 1 fully saturated rings. The summed E-state index contributed by atoms with van der Waals surface area (Å²) >= 11 is 0. The highest BCUT2D eigenvalue weighted by Crippen LogP contribution is 2.45. The van der Waals surface area contributed by atoms with Gasteiger partial charge in [0.25, 0.3) is 6.47 Å². The largest absolute Gasteiger partial charge is 0.489 e. The number of benzene rings is 2. The molecule has 0 bridgehead atoms. The fourth-order valence-electron chi connectivity index (χ4n) is 5.03. The molecule has 0 heterocycles. The molecule has 2 unspecified atom stereocenters. The number of hydrogen-bond acceptors (Lipinski definition) is 4. The van der Waals surface area contributed by atoms with Crippen LogP contribution < -0.4 is 4.74 Å². The molecular weight excluding hydrogens is 414 g/mol. The normalized spacial score (nSPS) is 15.6. The molecule has 0 aromatic heterocycles. The van der Waals surface area contributed by atoms with Gasteiger partial charge >= 0.3 is 0 Å². The highest BCUT2D eigenvalue weighted by Gasteiger charge is 2.41. The van der Waals surface area contributed by atoms with Gasteiger partial charge in [-0.15, -0.1) is 0 Å². The van der Waals surface area contributed by atoms with Crippen molar-refractivity contribution in [3.05, 3.63) is 65.7 Å². The molecule has 1 aliphatic carbocycles. The molecule has 5 nitrogen and oxygen atoms in total. The topological polar surface area (TPSA) is 55.8 Å². The molecule has 2 atom stereocenters. The van der Waals surface area contributed by atoms with Crippen LogP contribution in [0.4, 0.5) is 0 Å². The maximum absolute atomic E-state index is 13.4. The molecule has 5 heteroatoms. The van der Waals surface area contributed by atoms with Gasteiger partial charge in [-0.3, -0.25) is 9.59 Å². The van der Waals surface area contributed by atoms with E-state index in [0.717, 1.165) is 29.7 Å². The number of carbonyl (C=O) groups is 2. The number of rotatable bonds is 12. The van der Waals surface area contributed by atoms with Crippen LogP contribution in [0.1, 0.15) is 64.0 Å². The van der Waals surface area contributed by atoms with Crippen molar-refractivity contribution in [1.82, 2.24) is 4.90 Å². The fourth-order valence-corrected chi connectivity index (χ4v) is 5.03. The van der Waals surface area contributed by atoms with Crippen LogP contribution in [0.25, 0.3) is 0 Å². The van der Waals surface area contributed by atoms with Crippen LogP contribution in [0.15, 0.2) is 54.6 Å². The molecule has 0 saturated heterocycles. The maximum atomic E-state index is 13.4. The van der Waals surface area contributed by atoms with Gasteiger partial charge in [-0.05, 0) is 67.7 Å². The SMILES string of the molecule is CC(C)C(N(C)C(=O)CC(c1cccc(OCc2ccccc2)c1)C1CC1)C(C)(C)OC=O. The van der Waals surface area contributed by atoms with Crippen LogP contribution >= 0.6 is 0 Å². The van der Waals surface area contributed by atoms with E-state index < -0.39 is 5.60 Å². The number of likely N-dealkylation sites (N-methyl/N-ethyl adjacent to an activating group) is 1. The van der Waals surface area contributed by atoms with Crippen LogP contribution in [-0.4, -0.2) is 36.0 Å². The lowest BCUT2D eigenvalue weighted by Gasteiger charge is -2.41. The van der Waals surface area contributed by atoms with Crippen molar-refractivity contribution in [2.75, 3.05) is 7.05 Å². The molecule has 1 saturated carbocycles. The Hall–Kier alpha value is -2.82. The van der Waals surface area contributed by atoms with Gasteiger partial charge in [0, 0.05) is 13.5 Å². The average Bonchev–Trinajstić information content (AvgIpc) is 3.61. The van der Waals surface area contributed by atoms with Crippen molar-refractivity contribution in [2.24, 2.45) is 11.8 Å². The van der Waals surface area contributed by atoms with E-state index in [1.54, 1.807) is 4.90 Å². The van der Waals surface area contributed by atoms with Crippen molar-refractivity contribution < 1.29 is 19.1 Å². The van der Waals surface area contributed by atoms with Crippen molar-refractivity contribution in [3.63, 3.8) is 0 Å². The Bertz CT molecular complexity index is 921. The first-order valence-corrected chi connectivity index (χ1v) is 11.9. The van der Waals surface area contributed by atoms with Gasteiger partial charge in [0.1, 0.15) is 18.0 Å². The molecule has 0 aliphatic heterocycles. The molecule has 2 aromatic rings. The summed E-state index contributed by atoms with van der Waals surface area (Å²) in [5.41, 5.74) is 1.51. The van der Waals surface area contributed by atoms with E-state index in [4.69, 9.17) is 9.47 Å². The van der Waals surface area contributed by atoms with Gasteiger partial charge in [0.2, 0.25) is 5.91 Å². The second-order valence-electron chi connectivity index (χ2n) is 10.0. The number of nitrogens with zero attached hydrogens (tertiary/aromatic N) is 1. The monoisotopic (exact) mass is 451 g/mol. The molecule has 1 aliphatic rings. The average molecular weight is 452 g/mol. The Morgan fingerprint density at radius 1 is 1.12 bits per heavy atom. The highest BCUT2D eigenvalue weighted by atomic mass is 16.5. The number of carbonyl (C=O) groups excluding carboxylic acids is 2. The van der Waals surface area contributed by atoms with Crippen molar-refractivity contribution in [2.45, 2.75) is 71.1 Å². The first-order valence-electron chi connectivity index (χ1n) is 11.9. The van der Waals surface area contributed by atoms with Crippen LogP contribution in [0.3, 0.4) is 0 Å². The third-order valence-corrected chi connectivity index (χ3v) is 6.63. The number of ether oxygens (including phenoxy) is 2. The van der Waals surface area contributed by atoms with E-state index in [2.05, 4.69) is 26.0 Å². The summed E-state index contributed by atoms with van der Waals surface area (Å²) in [5, 5.41) is 0. The van der Waals surface area contributed by atoms with Gasteiger partial charge in [-0.1, -0.05) is 56.3 Å². The third kappa shape index (κ3) is 6.59. The molecule has 33 heavy (non-hydrogen) atoms. The van der Waals surface area contributed by atoms with Crippen molar-refractivity contribution in [3.8, 4) is 5.75 Å². The lowest BCUT2D eigenvalue weighted by molar-refractivity contribution is -0.156. The van der Waals surface area contributed by atoms with E-state index in [9.17, 15) is 9.59 Å². The molecule has 0 N–H and O–H groups in total. The minimum absolute atomic E-state index is 0.0729. The summed E-state index contributed by atoms with van der Waals surface area (Å²) in [5.74, 6) is 1.71. The Morgan fingerprint density at radius 2 is 1.82 bits per heavy atom. The van der Waals surface area contributed by atoms with E-state index >= 15 is 0 Å². The predicted octanol–water partition coefficient (Wildman–Crippen LogP) is 5.58. The van der Waals surface area contributed by atoms with Crippen molar-refractivity contribution >= 4 is 12.4 Å². The van der Waals surface area contributed by atoms with Crippen molar-refractivity contribution in [1.29, 1.82) is 0 Å². The van der Waals surface area contributed by atoms with Gasteiger partial charge in [-0.2, -0.15) is 0 Å². The Labute approximate surface area is 198 Å². The zero-order valence-electron chi connectivity index (χ0n) is 20.5. The molecule has 3 rings (SSSR count). The second-order valence-corrected chi connectivity index (χ2v) is 10.0. The third-order valence-electron chi connectivity index (χ3n) is 6.63. The minimum Gasteiger partial charge on any atom is -0.489 e. The highest BCUT2D eigenvalue weighted by molar-refractivity contribution is 5.77.